The fraction of sp³-hybridized carbons (Fsp3) is 0.388. The van der Waals surface area contributed by atoms with E-state index in [0.29, 0.717) is 0 Å². The molecule has 2 bridgehead atoms. The fourth-order valence-corrected chi connectivity index (χ4v) is 14.9. The molecule has 0 N–H and O–H groups in total. The molecule has 0 spiro atoms. The van der Waals surface area contributed by atoms with Gasteiger partial charge in [0.1, 0.15) is 11.5 Å². The zero-order valence-electron chi connectivity index (χ0n) is 36.2. The van der Waals surface area contributed by atoms with Crippen LogP contribution in [0.3, 0.4) is 0 Å². The minimum atomic E-state index is -1.93. The minimum absolute atomic E-state index is 0.158. The van der Waals surface area contributed by atoms with E-state index in [1.807, 2.05) is 0 Å². The number of aryl methyl sites for hydroxylation is 1. The van der Waals surface area contributed by atoms with Crippen molar-refractivity contribution in [2.24, 2.45) is 0 Å². The van der Waals surface area contributed by atoms with Crippen molar-refractivity contribution >= 4 is 65.0 Å². The molecule has 3 aliphatic rings. The molecule has 0 radical (unpaired) electrons. The molecule has 1 aliphatic heterocycles. The third-order valence-electron chi connectivity index (χ3n) is 13.6. The average Bonchev–Trinajstić information content (AvgIpc) is 3.29. The van der Waals surface area contributed by atoms with Gasteiger partial charge in [-0.2, -0.15) is 21.5 Å². The van der Waals surface area contributed by atoms with Crippen molar-refractivity contribution < 1.29 is 29.7 Å². The van der Waals surface area contributed by atoms with Gasteiger partial charge in [-0.3, -0.25) is 0 Å². The first-order valence-corrected chi connectivity index (χ1v) is 34.8. The normalized spacial score (nSPS) is 19.0. The molecule has 2 aliphatic carbocycles. The zero-order valence-corrected chi connectivity index (χ0v) is 43.4. The summed E-state index contributed by atoms with van der Waals surface area (Å²) < 4.78 is 13.4. The van der Waals surface area contributed by atoms with Crippen LogP contribution in [0.4, 0.5) is 0 Å². The molecule has 4 aromatic carbocycles. The molecule has 3 atom stereocenters. The molecule has 2 nitrogen and oxygen atoms in total. The van der Waals surface area contributed by atoms with Gasteiger partial charge >= 0.3 is 37.9 Å². The van der Waals surface area contributed by atoms with E-state index in [1.165, 1.54) is 45.8 Å². The van der Waals surface area contributed by atoms with E-state index in [2.05, 4.69) is 185 Å². The molecule has 300 valence electrons. The second kappa shape index (κ2) is 17.4. The standard InChI is InChI=1S/C49H62O2Si3.2ClH.Zr/c1-33-32-37-18-13-14-19-41(35-23-27-38(28-24-35)50-53(9,10)48(3,4)5)44(37)46(33)52-31-17-22-40-34(2)47(52)45-42(20-15-16-21-43(40)45)36-25-29-39(30-26-36)51-54(11,12)49(6,7)8;;;/h13-16,18-21,23-30,32,41-42,52H,17,22,31H2,1-12H3;2*1H;/q-2;;;+4/p-2. The predicted octanol–water partition coefficient (Wildman–Crippen LogP) is 13.6. The van der Waals surface area contributed by atoms with E-state index in [9.17, 15) is 0 Å². The summed E-state index contributed by atoms with van der Waals surface area (Å²) in [6, 6.07) is 22.0. The predicted molar refractivity (Wildman–Crippen MR) is 253 cm³/mol. The van der Waals surface area contributed by atoms with Gasteiger partial charge in [-0.05, 0) is 92.3 Å². The summed E-state index contributed by atoms with van der Waals surface area (Å²) in [6.07, 6.45) is 21.1. The van der Waals surface area contributed by atoms with Crippen molar-refractivity contribution in [3.05, 3.63) is 141 Å². The van der Waals surface area contributed by atoms with Gasteiger partial charge < -0.3 is 8.85 Å². The second-order valence-electron chi connectivity index (χ2n) is 19.3. The van der Waals surface area contributed by atoms with Crippen LogP contribution in [0.2, 0.25) is 42.3 Å². The van der Waals surface area contributed by atoms with Crippen molar-refractivity contribution in [2.45, 2.75) is 122 Å². The Morgan fingerprint density at radius 2 is 1.18 bits per heavy atom. The SMILES string of the molecule is Cc1[cH-]c2c(c1[SiH]1CCC[c-]3c(C)c1c1c3C=CC=CC1c1ccc(O[Si](C)(C)C(C)(C)C)cc1)C(c1ccc(O[Si](C)(C)C(C)(C)C)cc1)C=CC=C2.[Cl][Zr+2][Cl]. The molecular weight excluding hydrogens is 867 g/mol. The molecular formula is C49H62Cl2O2Si3Zr. The maximum atomic E-state index is 6.73. The quantitative estimate of drug-likeness (QED) is 0.136. The van der Waals surface area contributed by atoms with Crippen molar-refractivity contribution in [2.75, 3.05) is 0 Å². The third-order valence-corrected chi connectivity index (χ3v) is 26.2. The van der Waals surface area contributed by atoms with E-state index in [4.69, 9.17) is 25.9 Å². The Bertz CT molecular complexity index is 2170. The second-order valence-corrected chi connectivity index (χ2v) is 35.3. The Kier molecular flexibility index (Phi) is 13.6. The fourth-order valence-electron chi connectivity index (χ4n) is 8.58. The Labute approximate surface area is 366 Å². The van der Waals surface area contributed by atoms with Gasteiger partial charge in [0.2, 0.25) is 16.6 Å². The molecule has 57 heavy (non-hydrogen) atoms. The van der Waals surface area contributed by atoms with Crippen molar-refractivity contribution in [3.63, 3.8) is 0 Å². The average molecular weight is 929 g/mol. The molecule has 1 heterocycles. The van der Waals surface area contributed by atoms with Crippen molar-refractivity contribution in [1.82, 2.24) is 0 Å². The van der Waals surface area contributed by atoms with E-state index >= 15 is 0 Å². The molecule has 4 aromatic rings. The van der Waals surface area contributed by atoms with Gasteiger partial charge in [0.15, 0.2) is 0 Å². The van der Waals surface area contributed by atoms with E-state index in [-0.39, 0.29) is 21.9 Å². The summed E-state index contributed by atoms with van der Waals surface area (Å²) in [5.41, 5.74) is 13.3. The molecule has 0 fully saturated rings. The van der Waals surface area contributed by atoms with Gasteiger partial charge in [0.05, 0.1) is 0 Å². The molecule has 7 rings (SSSR count). The van der Waals surface area contributed by atoms with Gasteiger partial charge in [-0.1, -0.05) is 123 Å². The molecule has 0 amide bonds. The number of rotatable bonds is 7. The van der Waals surface area contributed by atoms with Crippen LogP contribution in [-0.2, 0) is 27.3 Å². The summed E-state index contributed by atoms with van der Waals surface area (Å²) in [7, 11) is 4.35. The van der Waals surface area contributed by atoms with Crippen molar-refractivity contribution in [1.29, 1.82) is 0 Å². The van der Waals surface area contributed by atoms with Crippen LogP contribution in [0, 0.1) is 13.8 Å². The first-order valence-electron chi connectivity index (χ1n) is 20.7. The first kappa shape index (κ1) is 44.4. The monoisotopic (exact) mass is 926 g/mol. The maximum absolute atomic E-state index is 6.73. The Morgan fingerprint density at radius 1 is 0.702 bits per heavy atom. The Morgan fingerprint density at radius 3 is 1.67 bits per heavy atom. The van der Waals surface area contributed by atoms with Crippen LogP contribution < -0.4 is 19.2 Å². The van der Waals surface area contributed by atoms with Crippen LogP contribution >= 0.6 is 17.0 Å². The summed E-state index contributed by atoms with van der Waals surface area (Å²) in [4.78, 5) is 0. The van der Waals surface area contributed by atoms with Crippen LogP contribution in [0.1, 0.15) is 110 Å². The van der Waals surface area contributed by atoms with Gasteiger partial charge in [-0.25, -0.2) is 0 Å². The number of allylic oxidation sites excluding steroid dienone is 6. The van der Waals surface area contributed by atoms with Crippen LogP contribution in [0.25, 0.3) is 12.2 Å². The first-order chi connectivity index (χ1) is 26.8. The Hall–Kier alpha value is -2.19. The summed E-state index contributed by atoms with van der Waals surface area (Å²) >= 11 is -0.826. The molecule has 0 saturated heterocycles. The number of hydrogen-bond acceptors (Lipinski definition) is 2. The van der Waals surface area contributed by atoms with Gasteiger partial charge in [0.25, 0.3) is 0 Å². The van der Waals surface area contributed by atoms with E-state index < -0.39 is 46.3 Å². The molecule has 3 unspecified atom stereocenters. The Balaban J connectivity index is 0.00000177. The zero-order chi connectivity index (χ0) is 41.5. The molecule has 0 saturated carbocycles. The third kappa shape index (κ3) is 9.13. The number of fused-ring (bicyclic) bond motifs is 6. The summed E-state index contributed by atoms with van der Waals surface area (Å²) in [5.74, 6) is 2.41. The molecule has 8 heteroatoms. The van der Waals surface area contributed by atoms with E-state index in [1.54, 1.807) is 27.1 Å². The number of halogens is 2. The van der Waals surface area contributed by atoms with Crippen LogP contribution in [-0.4, -0.2) is 25.4 Å². The van der Waals surface area contributed by atoms with Gasteiger partial charge in [-0.15, -0.1) is 58.2 Å². The topological polar surface area (TPSA) is 18.5 Å². The number of hydrogen-bond donors (Lipinski definition) is 0. The number of benzene rings is 2. The van der Waals surface area contributed by atoms with Crippen LogP contribution in [0.15, 0.2) is 91.1 Å². The van der Waals surface area contributed by atoms with Gasteiger partial charge in [0, 0.05) is 0 Å². The van der Waals surface area contributed by atoms with E-state index in [0.717, 1.165) is 17.9 Å². The summed E-state index contributed by atoms with van der Waals surface area (Å²) in [6.45, 7) is 28.0. The molecule has 0 aromatic heterocycles. The van der Waals surface area contributed by atoms with Crippen LogP contribution in [0.5, 0.6) is 11.5 Å². The van der Waals surface area contributed by atoms with Crippen molar-refractivity contribution in [3.8, 4) is 11.5 Å². The summed E-state index contributed by atoms with van der Waals surface area (Å²) in [5, 5.41) is 3.69.